The van der Waals surface area contributed by atoms with Crippen molar-refractivity contribution in [3.05, 3.63) is 44.7 Å². The van der Waals surface area contributed by atoms with Gasteiger partial charge in [0, 0.05) is 12.1 Å². The number of thiazole rings is 1. The monoisotopic (exact) mass is 322 g/mol. The number of aromatic nitrogens is 1. The zero-order valence-corrected chi connectivity index (χ0v) is 13.2. The third-order valence-corrected chi connectivity index (χ3v) is 4.28. The van der Waals surface area contributed by atoms with Crippen molar-refractivity contribution in [1.29, 1.82) is 0 Å². The van der Waals surface area contributed by atoms with Crippen LogP contribution in [0.4, 0.5) is 5.82 Å². The van der Waals surface area contributed by atoms with E-state index in [2.05, 4.69) is 5.32 Å². The first-order chi connectivity index (χ1) is 10.1. The molecule has 7 heteroatoms. The standard InChI is InChI=1S/C14H14N2O3S2/c1-3-16-11(10(13(18)19-2)21-14(16)20)15-12(17)9-7-5-4-6-8-9/h4-8H,3H2,1-2H3,(H,15,17). The minimum atomic E-state index is -0.512. The number of benzene rings is 1. The Hall–Kier alpha value is -1.99. The predicted molar refractivity (Wildman–Crippen MR) is 84.6 cm³/mol. The fourth-order valence-corrected chi connectivity index (χ4v) is 3.22. The van der Waals surface area contributed by atoms with Crippen molar-refractivity contribution in [3.8, 4) is 0 Å². The van der Waals surface area contributed by atoms with E-state index >= 15 is 0 Å². The van der Waals surface area contributed by atoms with Gasteiger partial charge < -0.3 is 14.6 Å². The summed E-state index contributed by atoms with van der Waals surface area (Å²) in [5, 5.41) is 2.75. The van der Waals surface area contributed by atoms with E-state index in [4.69, 9.17) is 17.0 Å². The third kappa shape index (κ3) is 3.20. The number of anilines is 1. The maximum absolute atomic E-state index is 12.2. The van der Waals surface area contributed by atoms with E-state index in [0.717, 1.165) is 11.3 Å². The maximum Gasteiger partial charge on any atom is 0.351 e. The number of carbonyl (C=O) groups is 2. The third-order valence-electron chi connectivity index (χ3n) is 2.85. The molecule has 1 amide bonds. The van der Waals surface area contributed by atoms with Crippen LogP contribution in [-0.4, -0.2) is 23.6 Å². The molecule has 1 aromatic carbocycles. The number of rotatable bonds is 4. The van der Waals surface area contributed by atoms with Gasteiger partial charge in [0.25, 0.3) is 5.91 Å². The number of hydrogen-bond donors (Lipinski definition) is 1. The lowest BCUT2D eigenvalue weighted by molar-refractivity contribution is 0.0607. The Kier molecular flexibility index (Phi) is 4.87. The molecule has 0 aliphatic rings. The second kappa shape index (κ2) is 6.64. The van der Waals surface area contributed by atoms with E-state index in [1.807, 2.05) is 13.0 Å². The second-order valence-corrected chi connectivity index (χ2v) is 5.75. The molecule has 0 radical (unpaired) electrons. The number of hydrogen-bond acceptors (Lipinski definition) is 5. The Labute approximate surface area is 131 Å². The van der Waals surface area contributed by atoms with Crippen molar-refractivity contribution in [1.82, 2.24) is 4.57 Å². The van der Waals surface area contributed by atoms with E-state index in [0.29, 0.717) is 26.8 Å². The van der Waals surface area contributed by atoms with Gasteiger partial charge in [-0.15, -0.1) is 0 Å². The fourth-order valence-electron chi connectivity index (χ4n) is 1.82. The molecule has 0 aliphatic heterocycles. The molecule has 0 aliphatic carbocycles. The van der Waals surface area contributed by atoms with Crippen molar-refractivity contribution >= 4 is 41.2 Å². The summed E-state index contributed by atoms with van der Waals surface area (Å²) < 4.78 is 6.95. The van der Waals surface area contributed by atoms with E-state index < -0.39 is 5.97 Å². The molecule has 1 aromatic heterocycles. The predicted octanol–water partition coefficient (Wildman–Crippen LogP) is 3.34. The van der Waals surface area contributed by atoms with E-state index in [-0.39, 0.29) is 5.91 Å². The zero-order chi connectivity index (χ0) is 15.4. The van der Waals surface area contributed by atoms with Gasteiger partial charge in [0.05, 0.1) is 7.11 Å². The molecule has 110 valence electrons. The molecule has 21 heavy (non-hydrogen) atoms. The summed E-state index contributed by atoms with van der Waals surface area (Å²) in [6, 6.07) is 8.77. The summed E-state index contributed by atoms with van der Waals surface area (Å²) in [4.78, 5) is 24.4. The van der Waals surface area contributed by atoms with Gasteiger partial charge >= 0.3 is 5.97 Å². The van der Waals surface area contributed by atoms with Crippen LogP contribution in [0.2, 0.25) is 0 Å². The molecular weight excluding hydrogens is 308 g/mol. The summed E-state index contributed by atoms with van der Waals surface area (Å²) >= 11 is 6.34. The molecule has 0 saturated carbocycles. The van der Waals surface area contributed by atoms with Gasteiger partial charge in [-0.1, -0.05) is 29.5 Å². The Morgan fingerprint density at radius 1 is 1.33 bits per heavy atom. The van der Waals surface area contributed by atoms with Gasteiger partial charge in [0.15, 0.2) is 8.83 Å². The Morgan fingerprint density at radius 2 is 2.00 bits per heavy atom. The van der Waals surface area contributed by atoms with Gasteiger partial charge in [-0.3, -0.25) is 4.79 Å². The molecule has 5 nitrogen and oxygen atoms in total. The Balaban J connectivity index is 2.41. The van der Waals surface area contributed by atoms with Crippen molar-refractivity contribution in [2.45, 2.75) is 13.5 Å². The molecule has 0 atom stereocenters. The van der Waals surface area contributed by atoms with Crippen LogP contribution in [0.3, 0.4) is 0 Å². The molecule has 2 aromatic rings. The lowest BCUT2D eigenvalue weighted by Gasteiger charge is -2.09. The number of nitrogens with one attached hydrogen (secondary N) is 1. The minimum Gasteiger partial charge on any atom is -0.465 e. The maximum atomic E-state index is 12.2. The van der Waals surface area contributed by atoms with Gasteiger partial charge in [-0.25, -0.2) is 4.79 Å². The highest BCUT2D eigenvalue weighted by atomic mass is 32.1. The van der Waals surface area contributed by atoms with Crippen LogP contribution in [0.25, 0.3) is 0 Å². The number of methoxy groups -OCH3 is 1. The smallest absolute Gasteiger partial charge is 0.351 e. The Morgan fingerprint density at radius 3 is 2.57 bits per heavy atom. The second-order valence-electron chi connectivity index (χ2n) is 4.10. The summed E-state index contributed by atoms with van der Waals surface area (Å²) in [6.45, 7) is 2.44. The van der Waals surface area contributed by atoms with Crippen molar-refractivity contribution in [2.24, 2.45) is 0 Å². The minimum absolute atomic E-state index is 0.296. The quantitative estimate of drug-likeness (QED) is 0.693. The molecule has 0 bridgehead atoms. The first-order valence-corrected chi connectivity index (χ1v) is 7.49. The number of amides is 1. The van der Waals surface area contributed by atoms with Gasteiger partial charge in [-0.05, 0) is 31.3 Å². The average molecular weight is 322 g/mol. The van der Waals surface area contributed by atoms with E-state index in [1.165, 1.54) is 7.11 Å². The van der Waals surface area contributed by atoms with Crippen LogP contribution in [0.15, 0.2) is 30.3 Å². The summed E-state index contributed by atoms with van der Waals surface area (Å²) in [6.07, 6.45) is 0. The van der Waals surface area contributed by atoms with Crippen molar-refractivity contribution in [2.75, 3.05) is 12.4 Å². The first kappa shape index (κ1) is 15.4. The normalized spacial score (nSPS) is 10.2. The average Bonchev–Trinajstić information content (AvgIpc) is 2.83. The van der Waals surface area contributed by atoms with Crippen LogP contribution < -0.4 is 5.32 Å². The van der Waals surface area contributed by atoms with E-state index in [1.54, 1.807) is 28.8 Å². The molecule has 0 fully saturated rings. The van der Waals surface area contributed by atoms with Crippen LogP contribution in [0.5, 0.6) is 0 Å². The number of nitrogens with zero attached hydrogens (tertiary/aromatic N) is 1. The number of carbonyl (C=O) groups excluding carboxylic acids is 2. The van der Waals surface area contributed by atoms with Crippen molar-refractivity contribution < 1.29 is 14.3 Å². The van der Waals surface area contributed by atoms with Crippen molar-refractivity contribution in [3.63, 3.8) is 0 Å². The number of esters is 1. The summed E-state index contributed by atoms with van der Waals surface area (Å²) in [7, 11) is 1.30. The zero-order valence-electron chi connectivity index (χ0n) is 11.6. The Bertz CT molecular complexity index is 720. The molecule has 1 heterocycles. The molecule has 1 N–H and O–H groups in total. The molecule has 0 spiro atoms. The number of ether oxygens (including phenoxy) is 1. The molecule has 0 saturated heterocycles. The molecule has 2 rings (SSSR count). The van der Waals surface area contributed by atoms with Crippen LogP contribution >= 0.6 is 23.6 Å². The topological polar surface area (TPSA) is 60.3 Å². The van der Waals surface area contributed by atoms with Crippen LogP contribution in [0.1, 0.15) is 27.0 Å². The lowest BCUT2D eigenvalue weighted by atomic mass is 10.2. The first-order valence-electron chi connectivity index (χ1n) is 6.26. The van der Waals surface area contributed by atoms with Gasteiger partial charge in [0.1, 0.15) is 5.82 Å². The molecule has 0 unspecified atom stereocenters. The van der Waals surface area contributed by atoms with Crippen LogP contribution in [0, 0.1) is 3.95 Å². The highest BCUT2D eigenvalue weighted by Crippen LogP contribution is 2.26. The van der Waals surface area contributed by atoms with E-state index in [9.17, 15) is 9.59 Å². The highest BCUT2D eigenvalue weighted by Gasteiger charge is 2.21. The van der Waals surface area contributed by atoms with Gasteiger partial charge in [-0.2, -0.15) is 0 Å². The van der Waals surface area contributed by atoms with Gasteiger partial charge in [0.2, 0.25) is 0 Å². The largest absolute Gasteiger partial charge is 0.465 e. The fraction of sp³-hybridized carbons (Fsp3) is 0.214. The summed E-state index contributed by atoms with van der Waals surface area (Å²) in [5.74, 6) is -0.425. The SMILES string of the molecule is CCn1c(NC(=O)c2ccccc2)c(C(=O)OC)sc1=S. The molecular formula is C14H14N2O3S2. The summed E-state index contributed by atoms with van der Waals surface area (Å²) in [5.41, 5.74) is 0.507. The lowest BCUT2D eigenvalue weighted by Crippen LogP contribution is -2.17. The highest BCUT2D eigenvalue weighted by molar-refractivity contribution is 7.73. The van der Waals surface area contributed by atoms with Crippen LogP contribution in [-0.2, 0) is 11.3 Å².